The van der Waals surface area contributed by atoms with E-state index in [1.54, 1.807) is 30.3 Å². The summed E-state index contributed by atoms with van der Waals surface area (Å²) in [5.41, 5.74) is 0. The smallest absolute Gasteiger partial charge is 0.296 e. The molecule has 2 aromatic rings. The summed E-state index contributed by atoms with van der Waals surface area (Å²) < 4.78 is 29.6. The molecule has 4 nitrogen and oxygen atoms in total. The van der Waals surface area contributed by atoms with Crippen molar-refractivity contribution in [1.82, 2.24) is 0 Å². The molecular weight excluding hydrogens is 276 g/mol. The summed E-state index contributed by atoms with van der Waals surface area (Å²) in [5, 5.41) is 8.66. The van der Waals surface area contributed by atoms with Crippen LogP contribution in [0.3, 0.4) is 0 Å². The molecule has 0 fully saturated rings. The molecule has 0 saturated heterocycles. The Morgan fingerprint density at radius 3 is 1.72 bits per heavy atom. The molecule has 0 aliphatic carbocycles. The average Bonchev–Trinajstić information content (AvgIpc) is 2.30. The minimum Gasteiger partial charge on any atom is -0.508 e. The van der Waals surface area contributed by atoms with Gasteiger partial charge in [0.15, 0.2) is 0 Å². The van der Waals surface area contributed by atoms with Crippen LogP contribution in [0.4, 0.5) is 0 Å². The Morgan fingerprint density at radius 2 is 1.39 bits per heavy atom. The number of para-hydroxylation sites is 1. The number of aromatic hydroxyl groups is 1. The fourth-order valence-electron chi connectivity index (χ4n) is 1.08. The maximum Gasteiger partial charge on any atom is 0.296 e. The first kappa shape index (κ1) is 14.5. The molecule has 0 bridgehead atoms. The van der Waals surface area contributed by atoms with Crippen molar-refractivity contribution in [1.29, 1.82) is 0 Å². The standard InChI is InChI=1S/C6H5ClO3S.C6H6O/c7-5-3-1-2-4-6(5)11(8,9)10;7-6-4-2-1-3-5-6/h1-4H,(H,8,9,10);1-5,7H. The van der Waals surface area contributed by atoms with Crippen molar-refractivity contribution in [3.8, 4) is 5.75 Å². The van der Waals surface area contributed by atoms with Gasteiger partial charge in [-0.05, 0) is 24.3 Å². The number of phenolic OH excluding ortho intramolecular Hbond substituents is 1. The lowest BCUT2D eigenvalue weighted by molar-refractivity contribution is 0.475. The van der Waals surface area contributed by atoms with Crippen LogP contribution in [0, 0.1) is 0 Å². The first-order chi connectivity index (χ1) is 8.41. The van der Waals surface area contributed by atoms with Crippen molar-refractivity contribution in [2.45, 2.75) is 4.90 Å². The van der Waals surface area contributed by atoms with Crippen LogP contribution in [0.1, 0.15) is 0 Å². The molecule has 2 rings (SSSR count). The highest BCUT2D eigenvalue weighted by Crippen LogP contribution is 2.19. The second-order valence-corrected chi connectivity index (χ2v) is 5.04. The molecule has 0 radical (unpaired) electrons. The van der Waals surface area contributed by atoms with Crippen LogP contribution in [-0.2, 0) is 10.1 Å². The molecule has 0 saturated carbocycles. The third-order valence-electron chi connectivity index (χ3n) is 1.87. The van der Waals surface area contributed by atoms with Gasteiger partial charge in [-0.1, -0.05) is 41.9 Å². The minimum absolute atomic E-state index is 0.0231. The Bertz CT molecular complexity index is 596. The zero-order valence-corrected chi connectivity index (χ0v) is 10.8. The first-order valence-electron chi connectivity index (χ1n) is 4.87. The third-order valence-corrected chi connectivity index (χ3v) is 3.22. The molecule has 0 aliphatic rings. The molecule has 0 atom stereocenters. The molecule has 2 N–H and O–H groups in total. The molecule has 2 aromatic carbocycles. The van der Waals surface area contributed by atoms with E-state index >= 15 is 0 Å². The summed E-state index contributed by atoms with van der Waals surface area (Å²) in [5.74, 6) is 0.322. The normalized spacial score (nSPS) is 10.3. The molecule has 0 spiro atoms. The van der Waals surface area contributed by atoms with Gasteiger partial charge in [-0.2, -0.15) is 8.42 Å². The van der Waals surface area contributed by atoms with Crippen molar-refractivity contribution in [2.75, 3.05) is 0 Å². The number of hydrogen-bond donors (Lipinski definition) is 2. The zero-order chi connectivity index (χ0) is 13.6. The van der Waals surface area contributed by atoms with E-state index in [0.29, 0.717) is 5.75 Å². The lowest BCUT2D eigenvalue weighted by atomic mass is 10.3. The van der Waals surface area contributed by atoms with Gasteiger partial charge in [-0.3, -0.25) is 4.55 Å². The van der Waals surface area contributed by atoms with Gasteiger partial charge in [0, 0.05) is 0 Å². The molecule has 96 valence electrons. The number of benzene rings is 2. The zero-order valence-electron chi connectivity index (χ0n) is 9.19. The summed E-state index contributed by atoms with van der Waals surface area (Å²) in [6, 6.07) is 14.4. The van der Waals surface area contributed by atoms with Crippen molar-refractivity contribution in [3.63, 3.8) is 0 Å². The number of hydrogen-bond acceptors (Lipinski definition) is 3. The van der Waals surface area contributed by atoms with Crippen molar-refractivity contribution in [2.24, 2.45) is 0 Å². The predicted molar refractivity (Wildman–Crippen MR) is 69.4 cm³/mol. The Kier molecular flexibility index (Phi) is 5.15. The van der Waals surface area contributed by atoms with Crippen LogP contribution in [0.2, 0.25) is 5.02 Å². The fraction of sp³-hybridized carbons (Fsp3) is 0. The highest BCUT2D eigenvalue weighted by Gasteiger charge is 2.12. The van der Waals surface area contributed by atoms with Crippen molar-refractivity contribution >= 4 is 21.7 Å². The minimum atomic E-state index is -4.17. The summed E-state index contributed by atoms with van der Waals surface area (Å²) >= 11 is 5.47. The van der Waals surface area contributed by atoms with Crippen LogP contribution in [-0.4, -0.2) is 18.1 Å². The number of phenols is 1. The highest BCUT2D eigenvalue weighted by atomic mass is 35.5. The van der Waals surface area contributed by atoms with Gasteiger partial charge < -0.3 is 5.11 Å². The monoisotopic (exact) mass is 286 g/mol. The third kappa shape index (κ3) is 4.75. The maximum atomic E-state index is 10.5. The Morgan fingerprint density at radius 1 is 0.889 bits per heavy atom. The topological polar surface area (TPSA) is 74.6 Å². The molecule has 6 heteroatoms. The number of rotatable bonds is 1. The van der Waals surface area contributed by atoms with Gasteiger partial charge >= 0.3 is 0 Å². The van der Waals surface area contributed by atoms with E-state index in [9.17, 15) is 8.42 Å². The molecule has 0 aromatic heterocycles. The molecule has 0 unspecified atom stereocenters. The lowest BCUT2D eigenvalue weighted by Crippen LogP contribution is -1.97. The Labute approximate surface area is 110 Å². The highest BCUT2D eigenvalue weighted by molar-refractivity contribution is 7.86. The van der Waals surface area contributed by atoms with E-state index in [-0.39, 0.29) is 9.92 Å². The number of halogens is 1. The van der Waals surface area contributed by atoms with Gasteiger partial charge in [-0.25, -0.2) is 0 Å². The summed E-state index contributed by atoms with van der Waals surface area (Å²) in [6.45, 7) is 0. The van der Waals surface area contributed by atoms with E-state index < -0.39 is 10.1 Å². The predicted octanol–water partition coefficient (Wildman–Crippen LogP) is 2.98. The summed E-state index contributed by atoms with van der Waals surface area (Å²) in [7, 11) is -4.17. The Hall–Kier alpha value is -1.56. The summed E-state index contributed by atoms with van der Waals surface area (Å²) in [4.78, 5) is -0.262. The first-order valence-corrected chi connectivity index (χ1v) is 6.69. The lowest BCUT2D eigenvalue weighted by Gasteiger charge is -1.97. The van der Waals surface area contributed by atoms with Gasteiger partial charge in [0.25, 0.3) is 10.1 Å². The largest absolute Gasteiger partial charge is 0.508 e. The van der Waals surface area contributed by atoms with E-state index in [1.165, 1.54) is 18.2 Å². The second-order valence-electron chi connectivity index (χ2n) is 3.24. The molecule has 0 heterocycles. The van der Waals surface area contributed by atoms with Gasteiger partial charge in [-0.15, -0.1) is 0 Å². The van der Waals surface area contributed by atoms with Crippen molar-refractivity contribution < 1.29 is 18.1 Å². The SMILES string of the molecule is O=S(=O)(O)c1ccccc1Cl.Oc1ccccc1. The van der Waals surface area contributed by atoms with Crippen LogP contribution >= 0.6 is 11.6 Å². The van der Waals surface area contributed by atoms with Gasteiger partial charge in [0.2, 0.25) is 0 Å². The molecule has 18 heavy (non-hydrogen) atoms. The molecule has 0 aliphatic heterocycles. The van der Waals surface area contributed by atoms with Gasteiger partial charge in [0.1, 0.15) is 10.6 Å². The molecular formula is C12H11ClO4S. The van der Waals surface area contributed by atoms with E-state index in [4.69, 9.17) is 21.3 Å². The average molecular weight is 287 g/mol. The van der Waals surface area contributed by atoms with Crippen LogP contribution in [0.25, 0.3) is 0 Å². The second kappa shape index (κ2) is 6.39. The van der Waals surface area contributed by atoms with E-state index in [0.717, 1.165) is 0 Å². The van der Waals surface area contributed by atoms with Crippen LogP contribution in [0.15, 0.2) is 59.5 Å². The Balaban J connectivity index is 0.000000199. The van der Waals surface area contributed by atoms with Gasteiger partial charge in [0.05, 0.1) is 5.02 Å². The quantitative estimate of drug-likeness (QED) is 0.790. The van der Waals surface area contributed by atoms with Crippen LogP contribution in [0.5, 0.6) is 5.75 Å². The summed E-state index contributed by atoms with van der Waals surface area (Å²) in [6.07, 6.45) is 0. The van der Waals surface area contributed by atoms with E-state index in [2.05, 4.69) is 0 Å². The fourth-order valence-corrected chi connectivity index (χ4v) is 2.08. The van der Waals surface area contributed by atoms with Crippen LogP contribution < -0.4 is 0 Å². The van der Waals surface area contributed by atoms with E-state index in [1.807, 2.05) is 6.07 Å². The molecule has 0 amide bonds. The van der Waals surface area contributed by atoms with Crippen molar-refractivity contribution in [3.05, 3.63) is 59.6 Å². The maximum absolute atomic E-state index is 10.5.